The maximum Gasteiger partial charge on any atom is 0.328 e. The third-order valence-corrected chi connectivity index (χ3v) is 3.86. The van der Waals surface area contributed by atoms with E-state index >= 15 is 0 Å². The fourth-order valence-electron chi connectivity index (χ4n) is 1.79. The summed E-state index contributed by atoms with van der Waals surface area (Å²) in [7, 11) is 3.56. The first-order valence-corrected chi connectivity index (χ1v) is 7.07. The Bertz CT molecular complexity index is 687. The van der Waals surface area contributed by atoms with Crippen LogP contribution in [0.25, 0.3) is 6.08 Å². The quantitative estimate of drug-likeness (QED) is 0.855. The zero-order chi connectivity index (χ0) is 15.4. The Balaban J connectivity index is 2.15. The van der Waals surface area contributed by atoms with Gasteiger partial charge in [0, 0.05) is 32.6 Å². The Morgan fingerprint density at radius 2 is 2.29 bits per heavy atom. The van der Waals surface area contributed by atoms with E-state index in [4.69, 9.17) is 5.11 Å². The molecule has 0 saturated heterocycles. The molecular weight excluding hydrogens is 290 g/mol. The summed E-state index contributed by atoms with van der Waals surface area (Å²) in [4.78, 5) is 29.3. The summed E-state index contributed by atoms with van der Waals surface area (Å²) < 4.78 is 1.85. The van der Waals surface area contributed by atoms with E-state index in [1.54, 1.807) is 29.6 Å². The number of carboxylic acids is 1. The molecule has 6 nitrogen and oxygen atoms in total. The molecular formula is C14H15N3O3S. The molecule has 0 saturated carbocycles. The minimum Gasteiger partial charge on any atom is -0.478 e. The molecule has 1 N–H and O–H groups in total. The second kappa shape index (κ2) is 6.36. The van der Waals surface area contributed by atoms with E-state index in [-0.39, 0.29) is 5.91 Å². The second-order valence-electron chi connectivity index (χ2n) is 4.49. The number of imidazole rings is 1. The van der Waals surface area contributed by atoms with Crippen LogP contribution in [0.3, 0.4) is 0 Å². The minimum absolute atomic E-state index is 0.155. The lowest BCUT2D eigenvalue weighted by atomic mass is 10.2. The van der Waals surface area contributed by atoms with Crippen molar-refractivity contribution < 1.29 is 14.7 Å². The van der Waals surface area contributed by atoms with Gasteiger partial charge >= 0.3 is 5.97 Å². The van der Waals surface area contributed by atoms with Gasteiger partial charge in [-0.15, -0.1) is 11.3 Å². The van der Waals surface area contributed by atoms with Gasteiger partial charge in [-0.1, -0.05) is 0 Å². The van der Waals surface area contributed by atoms with Gasteiger partial charge in [0.1, 0.15) is 5.82 Å². The first-order valence-electron chi connectivity index (χ1n) is 6.19. The van der Waals surface area contributed by atoms with Crippen LogP contribution in [0.15, 0.2) is 29.9 Å². The van der Waals surface area contributed by atoms with Crippen molar-refractivity contribution in [1.82, 2.24) is 14.5 Å². The summed E-state index contributed by atoms with van der Waals surface area (Å²) in [6, 6.07) is 1.73. The predicted molar refractivity (Wildman–Crippen MR) is 80.0 cm³/mol. The van der Waals surface area contributed by atoms with Gasteiger partial charge in [-0.2, -0.15) is 0 Å². The summed E-state index contributed by atoms with van der Waals surface area (Å²) in [5, 5.41) is 10.4. The van der Waals surface area contributed by atoms with Crippen molar-refractivity contribution in [3.05, 3.63) is 46.2 Å². The molecule has 0 aliphatic heterocycles. The Morgan fingerprint density at radius 3 is 2.90 bits per heavy atom. The van der Waals surface area contributed by atoms with Crippen LogP contribution in [-0.2, 0) is 18.4 Å². The first kappa shape index (κ1) is 15.0. The van der Waals surface area contributed by atoms with E-state index in [1.807, 2.05) is 17.8 Å². The lowest BCUT2D eigenvalue weighted by Crippen LogP contribution is -2.27. The van der Waals surface area contributed by atoms with Crippen LogP contribution in [0.2, 0.25) is 0 Å². The average molecular weight is 305 g/mol. The monoisotopic (exact) mass is 305 g/mol. The van der Waals surface area contributed by atoms with Crippen molar-refractivity contribution in [3.63, 3.8) is 0 Å². The van der Waals surface area contributed by atoms with E-state index in [2.05, 4.69) is 4.98 Å². The minimum atomic E-state index is -1.04. The number of hydrogen-bond acceptors (Lipinski definition) is 4. The van der Waals surface area contributed by atoms with E-state index in [9.17, 15) is 9.59 Å². The van der Waals surface area contributed by atoms with Crippen molar-refractivity contribution in [2.75, 3.05) is 7.05 Å². The SMILES string of the molecule is CN(Cc1nccn1C)C(=O)c1sccc1C=CC(=O)O. The van der Waals surface area contributed by atoms with Crippen molar-refractivity contribution in [1.29, 1.82) is 0 Å². The maximum atomic E-state index is 12.4. The molecule has 7 heteroatoms. The van der Waals surface area contributed by atoms with Crippen LogP contribution in [0.1, 0.15) is 21.1 Å². The summed E-state index contributed by atoms with van der Waals surface area (Å²) in [5.74, 6) is -0.413. The third-order valence-electron chi connectivity index (χ3n) is 2.94. The summed E-state index contributed by atoms with van der Waals surface area (Å²) in [5.41, 5.74) is 0.610. The number of rotatable bonds is 5. The number of aryl methyl sites for hydroxylation is 1. The highest BCUT2D eigenvalue weighted by Crippen LogP contribution is 2.20. The van der Waals surface area contributed by atoms with E-state index in [0.717, 1.165) is 11.9 Å². The molecule has 2 rings (SSSR count). The highest BCUT2D eigenvalue weighted by Gasteiger charge is 2.17. The summed E-state index contributed by atoms with van der Waals surface area (Å²) in [6.07, 6.45) is 5.96. The molecule has 21 heavy (non-hydrogen) atoms. The average Bonchev–Trinajstić information content (AvgIpc) is 3.05. The molecule has 0 spiro atoms. The molecule has 2 aromatic rings. The number of carbonyl (C=O) groups is 2. The van der Waals surface area contributed by atoms with Crippen LogP contribution < -0.4 is 0 Å². The van der Waals surface area contributed by atoms with E-state index < -0.39 is 5.97 Å². The number of thiophene rings is 1. The van der Waals surface area contributed by atoms with Gasteiger partial charge in [-0.05, 0) is 23.1 Å². The van der Waals surface area contributed by atoms with Crippen molar-refractivity contribution in [3.8, 4) is 0 Å². The highest BCUT2D eigenvalue weighted by atomic mass is 32.1. The zero-order valence-corrected chi connectivity index (χ0v) is 12.5. The van der Waals surface area contributed by atoms with Crippen molar-refractivity contribution in [2.24, 2.45) is 7.05 Å². The lowest BCUT2D eigenvalue weighted by molar-refractivity contribution is -0.131. The zero-order valence-electron chi connectivity index (χ0n) is 11.7. The fourth-order valence-corrected chi connectivity index (χ4v) is 2.67. The Labute approximate surface area is 126 Å². The molecule has 1 amide bonds. The van der Waals surface area contributed by atoms with Gasteiger partial charge in [-0.3, -0.25) is 4.79 Å². The normalized spacial score (nSPS) is 11.0. The topological polar surface area (TPSA) is 75.4 Å². The van der Waals surface area contributed by atoms with E-state index in [1.165, 1.54) is 17.4 Å². The Morgan fingerprint density at radius 1 is 1.52 bits per heavy atom. The molecule has 2 aromatic heterocycles. The van der Waals surface area contributed by atoms with Crippen LogP contribution in [0, 0.1) is 0 Å². The first-order chi connectivity index (χ1) is 9.99. The maximum absolute atomic E-state index is 12.4. The molecule has 0 aliphatic carbocycles. The second-order valence-corrected chi connectivity index (χ2v) is 5.41. The molecule has 0 fully saturated rings. The molecule has 0 bridgehead atoms. The van der Waals surface area contributed by atoms with Crippen LogP contribution >= 0.6 is 11.3 Å². The Kier molecular flexibility index (Phi) is 4.54. The van der Waals surface area contributed by atoms with Gasteiger partial charge < -0.3 is 14.6 Å². The van der Waals surface area contributed by atoms with Gasteiger partial charge in [-0.25, -0.2) is 9.78 Å². The van der Waals surface area contributed by atoms with Crippen LogP contribution in [0.5, 0.6) is 0 Å². The number of carboxylic acid groups (broad SMARTS) is 1. The smallest absolute Gasteiger partial charge is 0.328 e. The highest BCUT2D eigenvalue weighted by molar-refractivity contribution is 7.12. The number of hydrogen-bond donors (Lipinski definition) is 1. The van der Waals surface area contributed by atoms with E-state index in [0.29, 0.717) is 17.0 Å². The Hall–Kier alpha value is -2.41. The summed E-state index contributed by atoms with van der Waals surface area (Å²) in [6.45, 7) is 0.391. The number of carbonyl (C=O) groups excluding carboxylic acids is 1. The number of nitrogens with zero attached hydrogens (tertiary/aromatic N) is 3. The van der Waals surface area contributed by atoms with Crippen molar-refractivity contribution >= 4 is 29.3 Å². The third kappa shape index (κ3) is 3.57. The molecule has 0 aromatic carbocycles. The molecule has 0 unspecified atom stereocenters. The number of amides is 1. The molecule has 110 valence electrons. The predicted octanol–water partition coefficient (Wildman–Crippen LogP) is 1.85. The molecule has 0 atom stereocenters. The number of aliphatic carboxylic acids is 1. The molecule has 0 aliphatic rings. The van der Waals surface area contributed by atoms with Gasteiger partial charge in [0.05, 0.1) is 11.4 Å². The summed E-state index contributed by atoms with van der Waals surface area (Å²) >= 11 is 1.29. The molecule has 0 radical (unpaired) electrons. The van der Waals surface area contributed by atoms with Crippen LogP contribution in [-0.4, -0.2) is 38.5 Å². The lowest BCUT2D eigenvalue weighted by Gasteiger charge is -2.16. The number of aromatic nitrogens is 2. The van der Waals surface area contributed by atoms with Crippen LogP contribution in [0.4, 0.5) is 0 Å². The standard InChI is InChI=1S/C14H15N3O3S/c1-16-7-6-15-11(16)9-17(2)14(20)13-10(5-8-21-13)3-4-12(18)19/h3-8H,9H2,1-2H3,(H,18,19). The van der Waals surface area contributed by atoms with Gasteiger partial charge in [0.25, 0.3) is 5.91 Å². The largest absolute Gasteiger partial charge is 0.478 e. The molecule has 2 heterocycles. The van der Waals surface area contributed by atoms with Crippen molar-refractivity contribution in [2.45, 2.75) is 6.54 Å². The van der Waals surface area contributed by atoms with Gasteiger partial charge in [0.2, 0.25) is 0 Å². The van der Waals surface area contributed by atoms with Gasteiger partial charge in [0.15, 0.2) is 0 Å². The fraction of sp³-hybridized carbons (Fsp3) is 0.214.